The molecule has 0 unspecified atom stereocenters. The van der Waals surface area contributed by atoms with E-state index >= 15 is 0 Å². The summed E-state index contributed by atoms with van der Waals surface area (Å²) in [4.78, 5) is 11.8. The van der Waals surface area contributed by atoms with Crippen molar-refractivity contribution in [2.45, 2.75) is 5.41 Å². The lowest BCUT2D eigenvalue weighted by Crippen LogP contribution is -2.28. The number of carbonyl (C=O) groups is 1. The Labute approximate surface area is 293 Å². The van der Waals surface area contributed by atoms with Crippen LogP contribution >= 0.6 is 0 Å². The van der Waals surface area contributed by atoms with E-state index in [1.165, 1.54) is 33.4 Å². The molecule has 6 heteroatoms. The molecule has 8 rings (SSSR count). The van der Waals surface area contributed by atoms with E-state index in [0.717, 1.165) is 11.4 Å². The molecule has 0 saturated carbocycles. The minimum Gasteiger partial charge on any atom is -0.399 e. The first kappa shape index (κ1) is 33.1. The molecular weight excluding hydrogens is 615 g/mol. The molecule has 7 aromatic carbocycles. The van der Waals surface area contributed by atoms with Crippen LogP contribution in [0.3, 0.4) is 0 Å². The summed E-state index contributed by atoms with van der Waals surface area (Å²) in [5.41, 5.74) is 34.4. The van der Waals surface area contributed by atoms with Gasteiger partial charge in [-0.25, -0.2) is 0 Å². The summed E-state index contributed by atoms with van der Waals surface area (Å²) in [6.07, 6.45) is 0. The lowest BCUT2D eigenvalue weighted by Gasteiger charge is -2.34. The summed E-state index contributed by atoms with van der Waals surface area (Å²) in [6.45, 7) is 0. The van der Waals surface area contributed by atoms with Gasteiger partial charge in [-0.15, -0.1) is 0 Å². The third-order valence-corrected chi connectivity index (χ3v) is 8.65. The van der Waals surface area contributed by atoms with Crippen LogP contribution in [0.2, 0.25) is 0 Å². The Morgan fingerprint density at radius 2 is 0.740 bits per heavy atom. The molecule has 9 N–H and O–H groups in total. The van der Waals surface area contributed by atoms with Gasteiger partial charge in [0.25, 0.3) is 5.91 Å². The van der Waals surface area contributed by atoms with E-state index in [1.807, 2.05) is 60.7 Å². The number of amides is 1. The van der Waals surface area contributed by atoms with Crippen molar-refractivity contribution in [3.05, 3.63) is 210 Å². The van der Waals surface area contributed by atoms with Crippen LogP contribution in [-0.4, -0.2) is 5.91 Å². The highest BCUT2D eigenvalue weighted by Crippen LogP contribution is 2.56. The average Bonchev–Trinajstić information content (AvgIpc) is 3.46. The highest BCUT2D eigenvalue weighted by Gasteiger charge is 2.45. The van der Waals surface area contributed by atoms with Crippen molar-refractivity contribution in [3.8, 4) is 11.1 Å². The van der Waals surface area contributed by atoms with Crippen molar-refractivity contribution in [2.75, 3.05) is 28.3 Å². The first-order valence-electron chi connectivity index (χ1n) is 16.3. The summed E-state index contributed by atoms with van der Waals surface area (Å²) in [6, 6.07) is 59.6. The molecule has 0 radical (unpaired) electrons. The minimum atomic E-state index is -0.380. The van der Waals surface area contributed by atoms with Gasteiger partial charge in [-0.05, 0) is 106 Å². The third kappa shape index (κ3) is 7.05. The summed E-state index contributed by atoms with van der Waals surface area (Å²) in [5.74, 6) is -0.172. The van der Waals surface area contributed by atoms with Gasteiger partial charge in [-0.3, -0.25) is 4.79 Å². The molecule has 1 aliphatic rings. The normalized spacial score (nSPS) is 11.8. The van der Waals surface area contributed by atoms with Crippen molar-refractivity contribution >= 4 is 34.3 Å². The van der Waals surface area contributed by atoms with Gasteiger partial charge in [-0.1, -0.05) is 109 Å². The number of anilines is 5. The molecule has 1 amide bonds. The van der Waals surface area contributed by atoms with Crippen LogP contribution in [-0.2, 0) is 5.41 Å². The maximum Gasteiger partial charge on any atom is 0.255 e. The summed E-state index contributed by atoms with van der Waals surface area (Å²) >= 11 is 0. The van der Waals surface area contributed by atoms with Crippen LogP contribution in [0, 0.1) is 0 Å². The van der Waals surface area contributed by atoms with E-state index in [0.29, 0.717) is 22.6 Å². The number of nitrogen functional groups attached to an aromatic ring is 4. The summed E-state index contributed by atoms with van der Waals surface area (Å²) in [7, 11) is 0. The maximum atomic E-state index is 11.8. The topological polar surface area (TPSA) is 133 Å². The van der Waals surface area contributed by atoms with Gasteiger partial charge in [0.05, 0.1) is 5.41 Å². The predicted octanol–water partition coefficient (Wildman–Crippen LogP) is 9.00. The fourth-order valence-corrected chi connectivity index (χ4v) is 6.28. The Kier molecular flexibility index (Phi) is 9.91. The Morgan fingerprint density at radius 3 is 1.14 bits per heavy atom. The number of benzene rings is 7. The fourth-order valence-electron chi connectivity index (χ4n) is 6.28. The molecule has 50 heavy (non-hydrogen) atoms. The van der Waals surface area contributed by atoms with E-state index < -0.39 is 0 Å². The summed E-state index contributed by atoms with van der Waals surface area (Å²) in [5, 5.41) is 2.77. The highest BCUT2D eigenvalue weighted by atomic mass is 16.1. The molecule has 7 aromatic rings. The first-order valence-corrected chi connectivity index (χ1v) is 16.3. The van der Waals surface area contributed by atoms with Crippen molar-refractivity contribution in [1.82, 2.24) is 0 Å². The number of nitrogens with one attached hydrogen (secondary N) is 1. The third-order valence-electron chi connectivity index (χ3n) is 8.65. The van der Waals surface area contributed by atoms with Crippen molar-refractivity contribution in [3.63, 3.8) is 0 Å². The van der Waals surface area contributed by atoms with Crippen LogP contribution in [0.15, 0.2) is 182 Å². The predicted molar refractivity (Wildman–Crippen MR) is 209 cm³/mol. The first-order chi connectivity index (χ1) is 24.4. The smallest absolute Gasteiger partial charge is 0.255 e. The average molecular weight is 654 g/mol. The van der Waals surface area contributed by atoms with Crippen LogP contribution in [0.4, 0.5) is 28.4 Å². The molecular formula is C44H39N5O. The minimum absolute atomic E-state index is 0.172. The van der Waals surface area contributed by atoms with Gasteiger partial charge >= 0.3 is 0 Å². The SMILES string of the molecule is Nc1ccc(C2(c3ccc(N)cc3)c3ccccc3-c3ccccc32)cc1.Nc1ccc(NC(=O)c2ccc(N)cc2)cc1.c1ccccc1. The molecule has 0 aliphatic heterocycles. The van der Waals surface area contributed by atoms with Gasteiger partial charge in [0.1, 0.15) is 0 Å². The second kappa shape index (κ2) is 15.0. The zero-order valence-electron chi connectivity index (χ0n) is 27.5. The number of rotatable bonds is 4. The fraction of sp³-hybridized carbons (Fsp3) is 0.0227. The number of hydrogen-bond acceptors (Lipinski definition) is 5. The molecule has 0 aromatic heterocycles. The van der Waals surface area contributed by atoms with Crippen LogP contribution in [0.25, 0.3) is 11.1 Å². The molecule has 246 valence electrons. The number of nitrogens with two attached hydrogens (primary N) is 4. The Hall–Kier alpha value is -6.79. The zero-order valence-corrected chi connectivity index (χ0v) is 27.5. The Morgan fingerprint density at radius 1 is 0.400 bits per heavy atom. The standard InChI is InChI=1S/C25H20N2.C13H13N3O.C6H6/c26-19-13-9-17(10-14-19)25(18-11-15-20(27)16-12-18)23-7-3-1-5-21(23)22-6-2-4-8-24(22)25;14-10-3-1-9(2-4-10)13(17)16-12-7-5-11(15)6-8-12;1-2-4-6-5-3-1/h1-16H,26-27H2;1-8H,14-15H2,(H,16,17);1-6H. The van der Waals surface area contributed by atoms with E-state index in [-0.39, 0.29) is 11.3 Å². The molecule has 0 atom stereocenters. The lowest BCUT2D eigenvalue weighted by molar-refractivity contribution is 0.102. The second-order valence-electron chi connectivity index (χ2n) is 11.9. The van der Waals surface area contributed by atoms with Gasteiger partial charge in [0, 0.05) is 34.0 Å². The molecule has 0 saturated heterocycles. The number of fused-ring (bicyclic) bond motifs is 3. The Bertz CT molecular complexity index is 2040. The molecule has 0 bridgehead atoms. The second-order valence-corrected chi connectivity index (χ2v) is 11.9. The molecule has 0 spiro atoms. The maximum absolute atomic E-state index is 11.8. The quantitative estimate of drug-likeness (QED) is 0.121. The van der Waals surface area contributed by atoms with Gasteiger partial charge in [0.2, 0.25) is 0 Å². The lowest BCUT2D eigenvalue weighted by atomic mass is 9.67. The monoisotopic (exact) mass is 653 g/mol. The van der Waals surface area contributed by atoms with E-state index in [4.69, 9.17) is 22.9 Å². The Balaban J connectivity index is 0.000000159. The largest absolute Gasteiger partial charge is 0.399 e. The van der Waals surface area contributed by atoms with Crippen LogP contribution in [0.1, 0.15) is 32.6 Å². The number of carbonyl (C=O) groups excluding carboxylic acids is 1. The van der Waals surface area contributed by atoms with Gasteiger partial charge < -0.3 is 28.3 Å². The van der Waals surface area contributed by atoms with Gasteiger partial charge in [-0.2, -0.15) is 0 Å². The summed E-state index contributed by atoms with van der Waals surface area (Å²) < 4.78 is 0. The van der Waals surface area contributed by atoms with E-state index in [1.54, 1.807) is 48.5 Å². The van der Waals surface area contributed by atoms with Crippen molar-refractivity contribution in [2.24, 2.45) is 0 Å². The zero-order chi connectivity index (χ0) is 34.9. The molecule has 1 aliphatic carbocycles. The van der Waals surface area contributed by atoms with Crippen molar-refractivity contribution in [1.29, 1.82) is 0 Å². The molecule has 6 nitrogen and oxygen atoms in total. The molecule has 0 heterocycles. The number of hydrogen-bond donors (Lipinski definition) is 5. The van der Waals surface area contributed by atoms with E-state index in [2.05, 4.69) is 78.1 Å². The van der Waals surface area contributed by atoms with Crippen LogP contribution in [0.5, 0.6) is 0 Å². The van der Waals surface area contributed by atoms with E-state index in [9.17, 15) is 4.79 Å². The molecule has 0 fully saturated rings. The van der Waals surface area contributed by atoms with Gasteiger partial charge in [0.15, 0.2) is 0 Å². The van der Waals surface area contributed by atoms with Crippen LogP contribution < -0.4 is 28.3 Å². The highest BCUT2D eigenvalue weighted by molar-refractivity contribution is 6.04. The van der Waals surface area contributed by atoms with Crippen molar-refractivity contribution < 1.29 is 4.79 Å².